The van der Waals surface area contributed by atoms with Crippen LogP contribution in [0.4, 0.5) is 0 Å². The highest BCUT2D eigenvalue weighted by Gasteiger charge is 2.26. The number of carbonyl (C=O) groups excluding carboxylic acids is 2. The van der Waals surface area contributed by atoms with Crippen LogP contribution in [0.15, 0.2) is 146 Å². The average Bonchev–Trinajstić information content (AvgIpc) is 3.38. The molecule has 0 bridgehead atoms. The molecule has 0 saturated carbocycles. The summed E-state index contributed by atoms with van der Waals surface area (Å²) >= 11 is 0. The molecule has 412 valence electrons. The fourth-order valence-electron chi connectivity index (χ4n) is 7.03. The molecule has 0 aromatic heterocycles. The Morgan fingerprint density at radius 2 is 0.753 bits per heavy atom. The van der Waals surface area contributed by atoms with Gasteiger partial charge in [-0.05, 0) is 116 Å². The first kappa shape index (κ1) is 68.9. The zero-order valence-electron chi connectivity index (χ0n) is 45.8. The Hall–Kier alpha value is -4.11. The van der Waals surface area contributed by atoms with Crippen molar-refractivity contribution in [1.29, 1.82) is 0 Å². The molecule has 73 heavy (non-hydrogen) atoms. The first-order valence-electron chi connectivity index (χ1n) is 28.3. The zero-order valence-corrected chi connectivity index (χ0v) is 46.7. The number of rotatable bonds is 51. The fraction of sp³-hybridized carbons (Fsp3) is 0.587. The molecule has 3 N–H and O–H groups in total. The molecule has 0 aliphatic carbocycles. The number of hydrogen-bond acceptors (Lipinski definition) is 8. The highest BCUT2D eigenvalue weighted by molar-refractivity contribution is 7.47. The van der Waals surface area contributed by atoms with Crippen LogP contribution >= 0.6 is 7.82 Å². The van der Waals surface area contributed by atoms with E-state index in [0.717, 1.165) is 141 Å². The van der Waals surface area contributed by atoms with Gasteiger partial charge in [0.1, 0.15) is 6.61 Å². The maximum atomic E-state index is 12.7. The van der Waals surface area contributed by atoms with Crippen molar-refractivity contribution in [3.63, 3.8) is 0 Å². The number of carbonyl (C=O) groups is 2. The van der Waals surface area contributed by atoms with E-state index in [0.29, 0.717) is 12.8 Å². The minimum atomic E-state index is -4.39. The Balaban J connectivity index is 3.99. The van der Waals surface area contributed by atoms with Gasteiger partial charge >= 0.3 is 19.8 Å². The quantitative estimate of drug-likeness (QED) is 0.0264. The molecular weight excluding hydrogens is 930 g/mol. The van der Waals surface area contributed by atoms with Crippen molar-refractivity contribution in [3.05, 3.63) is 146 Å². The SMILES string of the molecule is CC/C=C\C/C=C\C/C=C\C/C=C\C/C=C\C/C=C\C/C=C\C/C=C\C/C=C\C/C=C\C/C=C\CCCCCCCCCC(=O)OC(COC(=O)CCCCCCC/C=C\CCCC)COP(=O)(O)OCCN. The van der Waals surface area contributed by atoms with Crippen LogP contribution in [-0.4, -0.2) is 49.3 Å². The second-order valence-electron chi connectivity index (χ2n) is 18.1. The second kappa shape index (κ2) is 57.2. The summed E-state index contributed by atoms with van der Waals surface area (Å²) in [5.74, 6) is -0.864. The molecule has 0 amide bonds. The molecular formula is C63H102NO8P. The maximum Gasteiger partial charge on any atom is 0.472 e. The molecule has 0 aromatic rings. The van der Waals surface area contributed by atoms with E-state index in [-0.39, 0.29) is 32.6 Å². The van der Waals surface area contributed by atoms with Gasteiger partial charge in [0.05, 0.1) is 13.2 Å². The predicted octanol–water partition coefficient (Wildman–Crippen LogP) is 18.0. The zero-order chi connectivity index (χ0) is 53.1. The van der Waals surface area contributed by atoms with Crippen LogP contribution in [0.25, 0.3) is 0 Å². The Labute approximate surface area is 446 Å². The van der Waals surface area contributed by atoms with Gasteiger partial charge in [-0.3, -0.25) is 18.6 Å². The minimum Gasteiger partial charge on any atom is -0.462 e. The molecule has 0 spiro atoms. The van der Waals surface area contributed by atoms with E-state index in [1.165, 1.54) is 25.7 Å². The maximum absolute atomic E-state index is 12.7. The summed E-state index contributed by atoms with van der Waals surface area (Å²) in [5.41, 5.74) is 5.36. The van der Waals surface area contributed by atoms with Gasteiger partial charge in [0.2, 0.25) is 0 Å². The Bertz CT molecular complexity index is 1700. The largest absolute Gasteiger partial charge is 0.472 e. The van der Waals surface area contributed by atoms with E-state index in [2.05, 4.69) is 160 Å². The second-order valence-corrected chi connectivity index (χ2v) is 19.5. The molecule has 0 aliphatic heterocycles. The first-order chi connectivity index (χ1) is 35.8. The Morgan fingerprint density at radius 1 is 0.425 bits per heavy atom. The van der Waals surface area contributed by atoms with Crippen LogP contribution in [0.3, 0.4) is 0 Å². The third-order valence-electron chi connectivity index (χ3n) is 11.2. The number of esters is 2. The lowest BCUT2D eigenvalue weighted by molar-refractivity contribution is -0.161. The van der Waals surface area contributed by atoms with Gasteiger partial charge < -0.3 is 20.1 Å². The highest BCUT2D eigenvalue weighted by Crippen LogP contribution is 2.43. The molecule has 0 heterocycles. The summed E-state index contributed by atoms with van der Waals surface area (Å²) in [4.78, 5) is 35.0. The molecule has 0 saturated heterocycles. The summed E-state index contributed by atoms with van der Waals surface area (Å²) in [6.45, 7) is 3.53. The van der Waals surface area contributed by atoms with E-state index >= 15 is 0 Å². The number of ether oxygens (including phenoxy) is 2. The first-order valence-corrected chi connectivity index (χ1v) is 29.8. The van der Waals surface area contributed by atoms with Crippen molar-refractivity contribution < 1.29 is 37.6 Å². The molecule has 0 fully saturated rings. The van der Waals surface area contributed by atoms with E-state index in [4.69, 9.17) is 24.3 Å². The summed E-state index contributed by atoms with van der Waals surface area (Å²) in [6, 6.07) is 0. The lowest BCUT2D eigenvalue weighted by Gasteiger charge is -2.19. The van der Waals surface area contributed by atoms with Crippen molar-refractivity contribution in [2.24, 2.45) is 5.73 Å². The van der Waals surface area contributed by atoms with Crippen molar-refractivity contribution in [2.75, 3.05) is 26.4 Å². The molecule has 0 radical (unpaired) electrons. The number of phosphoric ester groups is 1. The molecule has 9 nitrogen and oxygen atoms in total. The van der Waals surface area contributed by atoms with E-state index in [1.54, 1.807) is 0 Å². The summed E-state index contributed by atoms with van der Waals surface area (Å²) in [5, 5.41) is 0. The summed E-state index contributed by atoms with van der Waals surface area (Å²) in [7, 11) is -4.39. The third kappa shape index (κ3) is 57.0. The monoisotopic (exact) mass is 1030 g/mol. The van der Waals surface area contributed by atoms with Crippen LogP contribution in [0.5, 0.6) is 0 Å². The van der Waals surface area contributed by atoms with Gasteiger partial charge in [0, 0.05) is 19.4 Å². The normalized spacial score (nSPS) is 14.2. The van der Waals surface area contributed by atoms with Gasteiger partial charge in [0.15, 0.2) is 6.10 Å². The van der Waals surface area contributed by atoms with Gasteiger partial charge in [0.25, 0.3) is 0 Å². The van der Waals surface area contributed by atoms with Crippen molar-refractivity contribution in [3.8, 4) is 0 Å². The van der Waals surface area contributed by atoms with Gasteiger partial charge in [-0.25, -0.2) is 4.57 Å². The Kier molecular flexibility index (Phi) is 54.0. The lowest BCUT2D eigenvalue weighted by Crippen LogP contribution is -2.29. The number of hydrogen-bond donors (Lipinski definition) is 2. The van der Waals surface area contributed by atoms with Crippen molar-refractivity contribution in [1.82, 2.24) is 0 Å². The van der Waals surface area contributed by atoms with Gasteiger partial charge in [-0.1, -0.05) is 224 Å². The van der Waals surface area contributed by atoms with Crippen LogP contribution in [0.2, 0.25) is 0 Å². The highest BCUT2D eigenvalue weighted by atomic mass is 31.2. The molecule has 2 unspecified atom stereocenters. The fourth-order valence-corrected chi connectivity index (χ4v) is 7.80. The van der Waals surface area contributed by atoms with Gasteiger partial charge in [-0.15, -0.1) is 0 Å². The lowest BCUT2D eigenvalue weighted by atomic mass is 10.1. The minimum absolute atomic E-state index is 0.0434. The van der Waals surface area contributed by atoms with Crippen LogP contribution in [-0.2, 0) is 32.7 Å². The van der Waals surface area contributed by atoms with E-state index < -0.39 is 32.5 Å². The topological polar surface area (TPSA) is 134 Å². The number of allylic oxidation sites excluding steroid dienone is 24. The van der Waals surface area contributed by atoms with Crippen LogP contribution < -0.4 is 5.73 Å². The number of phosphoric acid groups is 1. The van der Waals surface area contributed by atoms with E-state index in [1.807, 2.05) is 0 Å². The smallest absolute Gasteiger partial charge is 0.462 e. The third-order valence-corrected chi connectivity index (χ3v) is 12.2. The summed E-state index contributed by atoms with van der Waals surface area (Å²) < 4.78 is 32.8. The van der Waals surface area contributed by atoms with Gasteiger partial charge in [-0.2, -0.15) is 0 Å². The number of unbranched alkanes of at least 4 members (excludes halogenated alkanes) is 14. The molecule has 10 heteroatoms. The molecule has 0 aromatic carbocycles. The van der Waals surface area contributed by atoms with Crippen molar-refractivity contribution in [2.45, 2.75) is 213 Å². The molecule has 0 rings (SSSR count). The predicted molar refractivity (Wildman–Crippen MR) is 311 cm³/mol. The van der Waals surface area contributed by atoms with Crippen LogP contribution in [0, 0.1) is 0 Å². The molecule has 0 aliphatic rings. The molecule has 2 atom stereocenters. The van der Waals surface area contributed by atoms with Crippen LogP contribution in [0.1, 0.15) is 206 Å². The summed E-state index contributed by atoms with van der Waals surface area (Å²) in [6.07, 6.45) is 82.0. The van der Waals surface area contributed by atoms with E-state index in [9.17, 15) is 19.0 Å². The number of nitrogens with two attached hydrogens (primary N) is 1. The standard InChI is InChI=1S/C63H102NO8P/c1-3-5-7-9-11-13-15-16-17-18-19-20-21-22-23-24-25-26-27-28-29-30-31-32-33-34-35-36-37-38-39-40-41-42-43-44-46-48-50-52-54-56-63(66)72-61(60-71-73(67,68)70-58-57-64)59-69-62(65)55-53-51-49-47-45-14-12-10-8-6-4-2/h5,7,10-13,16-17,19-20,22-23,25-26,28-29,31-32,34-35,37-38,40-41,61H,3-4,6,8-9,14-15,18,21,24,27,30,33,36,39,42-60,64H2,1-2H3,(H,67,68)/b7-5-,12-10-,13-11-,17-16-,20-19-,23-22-,26-25-,29-28-,32-31-,35-34-,38-37-,41-40-. The Morgan fingerprint density at radius 3 is 1.14 bits per heavy atom. The average molecular weight is 1030 g/mol. The van der Waals surface area contributed by atoms with Crippen molar-refractivity contribution >= 4 is 19.8 Å².